The van der Waals surface area contributed by atoms with Crippen LogP contribution in [0.5, 0.6) is 0 Å². The molecule has 1 aliphatic rings. The Morgan fingerprint density at radius 3 is 2.69 bits per heavy atom. The molecule has 6 heteroatoms. The molecule has 1 radical (unpaired) electrons. The molecule has 0 atom stereocenters. The summed E-state index contributed by atoms with van der Waals surface area (Å²) in [5, 5.41) is 4.81. The third kappa shape index (κ3) is 2.74. The molecule has 5 N–H and O–H groups in total. The van der Waals surface area contributed by atoms with Crippen LogP contribution in [0.25, 0.3) is 0 Å². The van der Waals surface area contributed by atoms with Gasteiger partial charge in [0.2, 0.25) is 0 Å². The number of allylic oxidation sites excluding steroid dienone is 2. The van der Waals surface area contributed by atoms with Crippen molar-refractivity contribution in [3.63, 3.8) is 0 Å². The second kappa shape index (κ2) is 3.39. The fraction of sp³-hybridized carbons (Fsp3) is 0.286. The largest absolute Gasteiger partial charge is 0.397 e. The summed E-state index contributed by atoms with van der Waals surface area (Å²) in [5.74, 6) is 0. The van der Waals surface area contributed by atoms with Gasteiger partial charge in [-0.3, -0.25) is 4.72 Å². The molecule has 0 aromatic rings. The van der Waals surface area contributed by atoms with Crippen LogP contribution in [0, 0.1) is 6.42 Å². The minimum absolute atomic E-state index is 0.363. The number of hydrogen-bond donors (Lipinski definition) is 3. The Kier molecular flexibility index (Phi) is 2.63. The van der Waals surface area contributed by atoms with E-state index in [4.69, 9.17) is 10.9 Å². The van der Waals surface area contributed by atoms with E-state index in [1.807, 2.05) is 13.3 Å². The van der Waals surface area contributed by atoms with Gasteiger partial charge in [0.15, 0.2) is 0 Å². The first-order chi connectivity index (χ1) is 5.90. The molecule has 1 rings (SSSR count). The smallest absolute Gasteiger partial charge is 0.296 e. The number of nitrogens with one attached hydrogen (secondary N) is 1. The predicted octanol–water partition coefficient (Wildman–Crippen LogP) is -0.496. The monoisotopic (exact) mass is 202 g/mol. The van der Waals surface area contributed by atoms with Gasteiger partial charge in [0.1, 0.15) is 0 Å². The fourth-order valence-electron chi connectivity index (χ4n) is 1.04. The summed E-state index contributed by atoms with van der Waals surface area (Å²) in [6, 6.07) is 0. The van der Waals surface area contributed by atoms with Crippen LogP contribution in [0.1, 0.15) is 13.3 Å². The summed E-state index contributed by atoms with van der Waals surface area (Å²) < 4.78 is 23.5. The van der Waals surface area contributed by atoms with E-state index in [1.165, 1.54) is 0 Å². The van der Waals surface area contributed by atoms with Crippen LogP contribution in [-0.4, -0.2) is 8.42 Å². The van der Waals surface area contributed by atoms with Gasteiger partial charge in [0, 0.05) is 0 Å². The highest BCUT2D eigenvalue weighted by Crippen LogP contribution is 2.18. The van der Waals surface area contributed by atoms with Crippen LogP contribution in [0.2, 0.25) is 0 Å². The summed E-state index contributed by atoms with van der Waals surface area (Å²) >= 11 is 0. The van der Waals surface area contributed by atoms with Gasteiger partial charge < -0.3 is 5.73 Å². The normalized spacial score (nSPS) is 18.5. The Bertz CT molecular complexity index is 367. The molecule has 0 aliphatic heterocycles. The van der Waals surface area contributed by atoms with Crippen molar-refractivity contribution in [1.29, 1.82) is 0 Å². The zero-order chi connectivity index (χ0) is 10.1. The predicted molar refractivity (Wildman–Crippen MR) is 50.1 cm³/mol. The highest BCUT2D eigenvalue weighted by atomic mass is 32.2. The van der Waals surface area contributed by atoms with E-state index < -0.39 is 10.2 Å². The standard InChI is InChI=1S/C7H12N3O2S/c1-5-3-2-4-6(7(5)8)10-13(9,11)12/h3-4,10H,2,8H2,1H3,(H2,9,11,12). The van der Waals surface area contributed by atoms with E-state index in [2.05, 4.69) is 4.72 Å². The van der Waals surface area contributed by atoms with E-state index in [0.29, 0.717) is 17.8 Å². The lowest BCUT2D eigenvalue weighted by Gasteiger charge is -2.16. The average Bonchev–Trinajstić information content (AvgIpc) is 1.96. The molecule has 0 unspecified atom stereocenters. The Balaban J connectivity index is 2.89. The lowest BCUT2D eigenvalue weighted by molar-refractivity contribution is 0.590. The molecule has 13 heavy (non-hydrogen) atoms. The van der Waals surface area contributed by atoms with Crippen LogP contribution in [0.15, 0.2) is 23.0 Å². The Labute approximate surface area is 77.7 Å². The lowest BCUT2D eigenvalue weighted by atomic mass is 10.0. The molecule has 73 valence electrons. The zero-order valence-electron chi connectivity index (χ0n) is 7.24. The molecule has 0 spiro atoms. The van der Waals surface area contributed by atoms with Crippen LogP contribution in [0.4, 0.5) is 0 Å². The zero-order valence-corrected chi connectivity index (χ0v) is 8.06. The molecule has 0 bridgehead atoms. The Morgan fingerprint density at radius 2 is 2.15 bits per heavy atom. The molecular weight excluding hydrogens is 190 g/mol. The minimum Gasteiger partial charge on any atom is -0.397 e. The van der Waals surface area contributed by atoms with E-state index in [0.717, 1.165) is 5.57 Å². The van der Waals surface area contributed by atoms with Gasteiger partial charge >= 0.3 is 0 Å². The van der Waals surface area contributed by atoms with Gasteiger partial charge in [0.05, 0.1) is 11.4 Å². The highest BCUT2D eigenvalue weighted by Gasteiger charge is 2.13. The van der Waals surface area contributed by atoms with E-state index in [9.17, 15) is 8.42 Å². The summed E-state index contributed by atoms with van der Waals surface area (Å²) in [6.07, 6.45) is 4.24. The summed E-state index contributed by atoms with van der Waals surface area (Å²) in [7, 11) is -3.73. The molecule has 0 heterocycles. The van der Waals surface area contributed by atoms with Crippen molar-refractivity contribution < 1.29 is 8.42 Å². The molecule has 0 aromatic heterocycles. The number of nitrogens with two attached hydrogens (primary N) is 2. The van der Waals surface area contributed by atoms with Gasteiger partial charge in [-0.2, -0.15) is 8.42 Å². The molecule has 0 fully saturated rings. The lowest BCUT2D eigenvalue weighted by Crippen LogP contribution is -2.33. The van der Waals surface area contributed by atoms with Gasteiger partial charge in [-0.1, -0.05) is 6.08 Å². The molecule has 0 saturated carbocycles. The van der Waals surface area contributed by atoms with Gasteiger partial charge in [-0.25, -0.2) is 5.14 Å². The number of rotatable bonds is 2. The van der Waals surface area contributed by atoms with Gasteiger partial charge in [0.25, 0.3) is 10.2 Å². The highest BCUT2D eigenvalue weighted by molar-refractivity contribution is 7.87. The Hall–Kier alpha value is -1.01. The molecule has 0 amide bonds. The molecule has 5 nitrogen and oxygen atoms in total. The van der Waals surface area contributed by atoms with Crippen molar-refractivity contribution in [2.75, 3.05) is 0 Å². The van der Waals surface area contributed by atoms with Gasteiger partial charge in [-0.05, 0) is 25.3 Å². The van der Waals surface area contributed by atoms with E-state index in [-0.39, 0.29) is 0 Å². The Morgan fingerprint density at radius 1 is 1.54 bits per heavy atom. The quantitative estimate of drug-likeness (QED) is 0.563. The van der Waals surface area contributed by atoms with E-state index >= 15 is 0 Å². The average molecular weight is 202 g/mol. The maximum Gasteiger partial charge on any atom is 0.296 e. The third-order valence-corrected chi connectivity index (χ3v) is 2.22. The first-order valence-corrected chi connectivity index (χ1v) is 5.25. The van der Waals surface area contributed by atoms with Gasteiger partial charge in [-0.15, -0.1) is 0 Å². The van der Waals surface area contributed by atoms with Crippen molar-refractivity contribution in [2.45, 2.75) is 13.3 Å². The second-order valence-electron chi connectivity index (χ2n) is 2.80. The molecule has 0 saturated heterocycles. The van der Waals surface area contributed by atoms with Crippen molar-refractivity contribution in [1.82, 2.24) is 4.72 Å². The van der Waals surface area contributed by atoms with Crippen LogP contribution < -0.4 is 15.6 Å². The van der Waals surface area contributed by atoms with Crippen molar-refractivity contribution in [3.8, 4) is 0 Å². The summed E-state index contributed by atoms with van der Waals surface area (Å²) in [6.45, 7) is 1.81. The van der Waals surface area contributed by atoms with E-state index in [1.54, 1.807) is 6.08 Å². The second-order valence-corrected chi connectivity index (χ2v) is 4.10. The minimum atomic E-state index is -3.73. The van der Waals surface area contributed by atoms with Crippen LogP contribution >= 0.6 is 0 Å². The first kappa shape index (κ1) is 10.1. The van der Waals surface area contributed by atoms with Crippen molar-refractivity contribution >= 4 is 10.2 Å². The molecular formula is C7H12N3O2S. The summed E-state index contributed by atoms with van der Waals surface area (Å²) in [4.78, 5) is 0. The summed E-state index contributed by atoms with van der Waals surface area (Å²) in [5.41, 5.74) is 7.26. The maximum atomic E-state index is 10.7. The maximum absolute atomic E-state index is 10.7. The first-order valence-electron chi connectivity index (χ1n) is 3.71. The molecule has 0 aromatic carbocycles. The third-order valence-electron chi connectivity index (χ3n) is 1.71. The molecule has 1 aliphatic carbocycles. The topological polar surface area (TPSA) is 98.2 Å². The van der Waals surface area contributed by atoms with Crippen LogP contribution in [-0.2, 0) is 10.2 Å². The van der Waals surface area contributed by atoms with Crippen LogP contribution in [0.3, 0.4) is 0 Å². The number of hydrogen-bond acceptors (Lipinski definition) is 3. The fourth-order valence-corrected chi connectivity index (χ4v) is 1.54. The van der Waals surface area contributed by atoms with Crippen molar-refractivity contribution in [3.05, 3.63) is 29.5 Å². The van der Waals surface area contributed by atoms with Crippen molar-refractivity contribution in [2.24, 2.45) is 10.9 Å². The SMILES string of the molecule is CC1=C(N)C(NS(N)(=O)=O)=CC[CH]1.